The summed E-state index contributed by atoms with van der Waals surface area (Å²) in [6.07, 6.45) is 16.4. The average Bonchev–Trinajstić information content (AvgIpc) is 1.68. The predicted octanol–water partition coefficient (Wildman–Crippen LogP) is 6.64. The first-order chi connectivity index (χ1) is 50.9. The molecule has 3 aliphatic carbocycles. The number of aliphatic hydroxyl groups excluding tert-OH is 2. The van der Waals surface area contributed by atoms with E-state index in [4.69, 9.17) is 39.2 Å². The molecule has 12 atom stereocenters. The number of esters is 6. The summed E-state index contributed by atoms with van der Waals surface area (Å²) >= 11 is 4.88. The molecule has 0 bridgehead atoms. The van der Waals surface area contributed by atoms with Crippen LogP contribution >= 0.6 is 35.3 Å². The molecular formula is C78H117LiN3NaO23S3. The number of carboxylic acids is 2. The second-order valence-corrected chi connectivity index (χ2v) is 29.8. The average molecular weight is 1590 g/mol. The second kappa shape index (κ2) is 63.9. The van der Waals surface area contributed by atoms with Gasteiger partial charge in [0.1, 0.15) is 30.2 Å². The Morgan fingerprint density at radius 1 is 0.495 bits per heavy atom. The number of nitrogens with two attached hydrogens (primary N) is 1. The molecule has 602 valence electrons. The number of ketones is 1. The minimum absolute atomic E-state index is 0. The molecule has 3 saturated carbocycles. The van der Waals surface area contributed by atoms with Crippen molar-refractivity contribution >= 4 is 100 Å². The fourth-order valence-corrected chi connectivity index (χ4v) is 16.4. The third kappa shape index (κ3) is 47.6. The van der Waals surface area contributed by atoms with Crippen molar-refractivity contribution in [1.82, 2.24) is 0 Å². The first-order valence-electron chi connectivity index (χ1n) is 36.7. The molecule has 26 nitrogen and oxygen atoms in total. The first-order valence-corrected chi connectivity index (χ1v) is 39.6. The monoisotopic (exact) mass is 1590 g/mol. The fourth-order valence-electron chi connectivity index (χ4n) is 13.6. The van der Waals surface area contributed by atoms with E-state index in [1.165, 1.54) is 41.9 Å². The van der Waals surface area contributed by atoms with E-state index < -0.39 is 30.3 Å². The quantitative estimate of drug-likeness (QED) is 0.00594. The predicted molar refractivity (Wildman–Crippen MR) is 405 cm³/mol. The Labute approximate surface area is 690 Å². The van der Waals surface area contributed by atoms with Crippen molar-refractivity contribution in [2.24, 2.45) is 51.7 Å². The fraction of sp³-hybridized carbons (Fsp3) is 0.628. The summed E-state index contributed by atoms with van der Waals surface area (Å²) in [5.41, 5.74) is 1.27. The largest absolute Gasteiger partial charge is 1.00 e. The standard InChI is InChI=1S/C27H39NO7S.C27H38O7S.C22H33NO5S.C2H4O2.Li.H3NO.Na.H2O/c1-19(29)34-21(18-36-22-11-7-6-8-12-22)15-16-23-24(13-9-4-5-10-14-27(31)33-3)26(35-20(2)30)17-25(23)28-32;1-19(28)33-21(18-35-22-11-7-6-8-12-22)15-16-23-24(26(17-25(23)30)34-20(2)29)13-9-4-5-10-14-27(31)32-3;24-16(15-29-17-8-4-3-5-9-17)12-13-18-19(21(25)14-20(18)23-28)10-6-1-2-7-11-22(26)27;1-2(3)4;;1-2;;/h6-8,11-12,21,23-24,26,32H,4-5,9-10,13-18H2,1-3H3;6-8,11-12,21,23-24,26H,4-5,9-10,13-18H2,1-3H3;3-5,8-9,16,18-19,21,24-25,28H,1-2,6-7,10-15H2,(H,26,27);1H3,(H,3,4);;2H,1H2;;1H2/q;;;;+1;;+1;/p-2/b28-25-;;23-20-;;;;;/t2*21?,23-,24-,26+;16?,18-,19-,21+;;;;;/m111...../s1. The van der Waals surface area contributed by atoms with E-state index in [-0.39, 0.29) is 162 Å². The van der Waals surface area contributed by atoms with Crippen molar-refractivity contribution in [2.45, 2.75) is 259 Å². The molecule has 0 amide bonds. The van der Waals surface area contributed by atoms with Crippen LogP contribution in [0.2, 0.25) is 0 Å². The number of Topliss-reactive ketones (excluding diaryl/α,β-unsaturated/α-hetero) is 1. The Morgan fingerprint density at radius 3 is 1.22 bits per heavy atom. The summed E-state index contributed by atoms with van der Waals surface area (Å²) in [5.74, 6) is 1.60. The maximum absolute atomic E-state index is 12.9. The number of carbonyl (C=O) groups excluding carboxylic acids is 8. The molecule has 0 saturated heterocycles. The van der Waals surface area contributed by atoms with Gasteiger partial charge in [0.15, 0.2) is 0 Å². The van der Waals surface area contributed by atoms with E-state index in [0.717, 1.165) is 112 Å². The third-order valence-corrected chi connectivity index (χ3v) is 21.9. The minimum atomic E-state index is -1.08. The van der Waals surface area contributed by atoms with Crippen LogP contribution in [0.3, 0.4) is 0 Å². The van der Waals surface area contributed by atoms with Crippen molar-refractivity contribution in [1.29, 1.82) is 0 Å². The molecule has 109 heavy (non-hydrogen) atoms. The van der Waals surface area contributed by atoms with Crippen molar-refractivity contribution in [2.75, 3.05) is 31.5 Å². The van der Waals surface area contributed by atoms with Crippen LogP contribution in [-0.4, -0.2) is 169 Å². The van der Waals surface area contributed by atoms with Gasteiger partial charge in [0.2, 0.25) is 0 Å². The molecule has 3 aromatic rings. The summed E-state index contributed by atoms with van der Waals surface area (Å²) < 4.78 is 31.6. The van der Waals surface area contributed by atoms with Crippen molar-refractivity contribution < 1.29 is 162 Å². The van der Waals surface area contributed by atoms with Crippen molar-refractivity contribution in [3.05, 3.63) is 91.0 Å². The summed E-state index contributed by atoms with van der Waals surface area (Å²) in [5, 5.41) is 70.9. The molecular weight excluding hydrogens is 1470 g/mol. The number of ether oxygens (including phenoxy) is 6. The zero-order valence-corrected chi connectivity index (χ0v) is 69.6. The molecule has 3 fully saturated rings. The zero-order chi connectivity index (χ0) is 78.6. The number of benzene rings is 3. The number of aliphatic carboxylic acids is 2. The van der Waals surface area contributed by atoms with Crippen LogP contribution in [0, 0.1) is 35.5 Å². The molecule has 0 spiro atoms. The van der Waals surface area contributed by atoms with Gasteiger partial charge in [-0.1, -0.05) is 123 Å². The van der Waals surface area contributed by atoms with E-state index in [0.29, 0.717) is 99.3 Å². The Kier molecular flexibility index (Phi) is 61.9. The van der Waals surface area contributed by atoms with Crippen LogP contribution in [0.5, 0.6) is 0 Å². The summed E-state index contributed by atoms with van der Waals surface area (Å²) in [4.78, 5) is 105. The van der Waals surface area contributed by atoms with Crippen molar-refractivity contribution in [3.8, 4) is 0 Å². The van der Waals surface area contributed by atoms with Crippen LogP contribution in [0.4, 0.5) is 0 Å². The van der Waals surface area contributed by atoms with Crippen LogP contribution < -0.4 is 59.4 Å². The molecule has 9 N–H and O–H groups in total. The number of aliphatic hydroxyl groups is 2. The SMILES string of the molecule is CC(=O)[O-].COC(=O)CCCCCC[C@H]1[C@@H](OC(C)=O)C/C(=N/O)[C@@H]1CCC(CSc1ccccc1)OC(C)=O.COC(=O)CCCCCC[C@H]1[C@@H](OC(C)=O)CC(=O)[C@@H]1CCC(CSc1ccccc1)OC(C)=O.NO.O=C(O)CCCCCC[C@H]1[C@@H](O)C/C(=N/O)[C@@H]1CCC(O)CSc1ccccc1.[Li+].[Na+].[OH-]. The molecule has 0 aromatic heterocycles. The van der Waals surface area contributed by atoms with Gasteiger partial charge < -0.3 is 74.7 Å². The Hall–Kier alpha value is -5.52. The van der Waals surface area contributed by atoms with Crippen LogP contribution in [0.15, 0.2) is 116 Å². The van der Waals surface area contributed by atoms with Gasteiger partial charge in [-0.15, -0.1) is 35.3 Å². The number of methoxy groups -OCH3 is 2. The smallest absolute Gasteiger partial charge is 0.870 e. The number of rotatable bonds is 43. The summed E-state index contributed by atoms with van der Waals surface area (Å²) in [7, 11) is 2.78. The number of nitrogens with zero attached hydrogens (tertiary/aromatic N) is 2. The number of carboxylic acid groups (broad SMARTS) is 2. The minimum Gasteiger partial charge on any atom is -0.870 e. The number of carbonyl (C=O) groups is 9. The molecule has 0 aliphatic heterocycles. The molecule has 3 aliphatic rings. The maximum atomic E-state index is 12.9. The zero-order valence-electron chi connectivity index (χ0n) is 65.2. The van der Waals surface area contributed by atoms with E-state index in [1.807, 2.05) is 91.0 Å². The number of oxime groups is 2. The summed E-state index contributed by atoms with van der Waals surface area (Å²) in [6, 6.07) is 29.8. The van der Waals surface area contributed by atoms with E-state index in [9.17, 15) is 59.0 Å². The number of hydrogen-bond donors (Lipinski definition) is 7. The van der Waals surface area contributed by atoms with Crippen LogP contribution in [0.1, 0.15) is 208 Å². The third-order valence-electron chi connectivity index (χ3n) is 18.5. The van der Waals surface area contributed by atoms with Gasteiger partial charge in [0, 0.05) is 134 Å². The van der Waals surface area contributed by atoms with E-state index >= 15 is 0 Å². The normalized spacial score (nSPS) is 20.2. The van der Waals surface area contributed by atoms with Gasteiger partial charge in [-0.2, -0.15) is 0 Å². The molecule has 3 unspecified atom stereocenters. The van der Waals surface area contributed by atoms with Gasteiger partial charge in [0.25, 0.3) is 0 Å². The van der Waals surface area contributed by atoms with Gasteiger partial charge in [-0.3, -0.25) is 38.4 Å². The Balaban J connectivity index is 0. The second-order valence-electron chi connectivity index (χ2n) is 26.6. The van der Waals surface area contributed by atoms with Crippen LogP contribution in [-0.2, 0) is 71.6 Å². The molecule has 6 rings (SSSR count). The summed E-state index contributed by atoms with van der Waals surface area (Å²) in [6.45, 7) is 6.56. The molecule has 0 heterocycles. The maximum Gasteiger partial charge on any atom is 1.00 e. The Morgan fingerprint density at radius 2 is 0.835 bits per heavy atom. The number of thioether (sulfide) groups is 3. The van der Waals surface area contributed by atoms with Crippen molar-refractivity contribution in [3.63, 3.8) is 0 Å². The van der Waals surface area contributed by atoms with Gasteiger partial charge in [0.05, 0.1) is 37.9 Å². The number of hydrogen-bond acceptors (Lipinski definition) is 28. The first kappa shape index (κ1) is 106. The van der Waals surface area contributed by atoms with E-state index in [2.05, 4.69) is 25.7 Å². The molecule has 31 heteroatoms. The topological polar surface area (TPSA) is 434 Å². The van der Waals surface area contributed by atoms with E-state index in [1.54, 1.807) is 35.3 Å². The molecule has 0 radical (unpaired) electrons. The van der Waals surface area contributed by atoms with Gasteiger partial charge >= 0.3 is 90.2 Å². The molecule has 3 aromatic carbocycles. The van der Waals surface area contributed by atoms with Gasteiger partial charge in [-0.25, -0.2) is 5.90 Å². The number of unbranched alkanes of at least 4 members (excludes halogenated alkanes) is 9. The van der Waals surface area contributed by atoms with Crippen LogP contribution in [0.25, 0.3) is 0 Å². The van der Waals surface area contributed by atoms with Gasteiger partial charge in [-0.05, 0) is 126 Å². The Bertz CT molecular complexity index is 3080.